The van der Waals surface area contributed by atoms with Gasteiger partial charge in [0.15, 0.2) is 5.84 Å². The van der Waals surface area contributed by atoms with Crippen molar-refractivity contribution >= 4 is 5.84 Å². The Morgan fingerprint density at radius 1 is 1.40 bits per heavy atom. The fourth-order valence-electron chi connectivity index (χ4n) is 2.60. The molecule has 1 aliphatic rings. The summed E-state index contributed by atoms with van der Waals surface area (Å²) in [6, 6.07) is 7.85. The zero-order valence-electron chi connectivity index (χ0n) is 11.9. The highest BCUT2D eigenvalue weighted by Gasteiger charge is 2.20. The Morgan fingerprint density at radius 2 is 2.15 bits per heavy atom. The molecule has 0 radical (unpaired) electrons. The monoisotopic (exact) mass is 277 g/mol. The van der Waals surface area contributed by atoms with Gasteiger partial charge in [0, 0.05) is 18.2 Å². The summed E-state index contributed by atoms with van der Waals surface area (Å²) in [5, 5.41) is 15.1. The normalized spacial score (nSPS) is 22.9. The number of nitrogens with zero attached hydrogens (tertiary/aromatic N) is 1. The average Bonchev–Trinajstić information content (AvgIpc) is 2.89. The van der Waals surface area contributed by atoms with Gasteiger partial charge in [-0.05, 0) is 49.4 Å². The highest BCUT2D eigenvalue weighted by atomic mass is 16.5. The van der Waals surface area contributed by atoms with Crippen LogP contribution < -0.4 is 15.8 Å². The molecule has 5 heteroatoms. The Morgan fingerprint density at radius 3 is 2.75 bits per heavy atom. The minimum absolute atomic E-state index is 0.105. The zero-order chi connectivity index (χ0) is 14.4. The van der Waals surface area contributed by atoms with E-state index < -0.39 is 0 Å². The van der Waals surface area contributed by atoms with Crippen LogP contribution in [0.1, 0.15) is 31.7 Å². The lowest BCUT2D eigenvalue weighted by Gasteiger charge is -2.13. The van der Waals surface area contributed by atoms with Crippen molar-refractivity contribution in [3.05, 3.63) is 29.8 Å². The quantitative estimate of drug-likeness (QED) is 0.244. The molecule has 1 saturated carbocycles. The van der Waals surface area contributed by atoms with Gasteiger partial charge >= 0.3 is 0 Å². The number of oxime groups is 1. The number of nitrogens with two attached hydrogens (primary N) is 1. The molecule has 0 aromatic heterocycles. The summed E-state index contributed by atoms with van der Waals surface area (Å²) in [7, 11) is 0. The molecular formula is C15H23N3O2. The Bertz CT molecular complexity index is 445. The van der Waals surface area contributed by atoms with Gasteiger partial charge in [-0.25, -0.2) is 0 Å². The number of nitrogens with one attached hydrogen (secondary N) is 1. The lowest BCUT2D eigenvalue weighted by Crippen LogP contribution is -2.30. The Labute approximate surface area is 119 Å². The number of rotatable bonds is 6. The maximum Gasteiger partial charge on any atom is 0.170 e. The van der Waals surface area contributed by atoms with Crippen molar-refractivity contribution in [3.63, 3.8) is 0 Å². The van der Waals surface area contributed by atoms with Crippen LogP contribution in [-0.2, 0) is 0 Å². The number of hydrogen-bond donors (Lipinski definition) is 3. The minimum atomic E-state index is 0.105. The van der Waals surface area contributed by atoms with Gasteiger partial charge in [0.1, 0.15) is 12.4 Å². The molecule has 5 nitrogen and oxygen atoms in total. The third-order valence-electron chi connectivity index (χ3n) is 3.76. The zero-order valence-corrected chi connectivity index (χ0v) is 11.9. The van der Waals surface area contributed by atoms with Crippen LogP contribution in [0.5, 0.6) is 5.75 Å². The summed E-state index contributed by atoms with van der Waals surface area (Å²) in [5.74, 6) is 1.74. The molecule has 0 spiro atoms. The predicted octanol–water partition coefficient (Wildman–Crippen LogP) is 1.94. The summed E-state index contributed by atoms with van der Waals surface area (Å²) in [6.45, 7) is 3.81. The van der Waals surface area contributed by atoms with E-state index in [1.54, 1.807) is 12.1 Å². The van der Waals surface area contributed by atoms with E-state index in [1.165, 1.54) is 19.3 Å². The first-order valence-electron chi connectivity index (χ1n) is 7.13. The van der Waals surface area contributed by atoms with Crippen LogP contribution in [0.15, 0.2) is 29.4 Å². The van der Waals surface area contributed by atoms with Crippen molar-refractivity contribution in [1.82, 2.24) is 5.32 Å². The molecule has 0 saturated heterocycles. The second-order valence-electron chi connectivity index (χ2n) is 5.43. The van der Waals surface area contributed by atoms with Crippen LogP contribution in [0, 0.1) is 5.92 Å². The first-order chi connectivity index (χ1) is 9.69. The molecule has 1 aromatic carbocycles. The van der Waals surface area contributed by atoms with Crippen LogP contribution in [0.4, 0.5) is 0 Å². The van der Waals surface area contributed by atoms with Gasteiger partial charge in [0.25, 0.3) is 0 Å². The molecule has 1 aliphatic carbocycles. The fraction of sp³-hybridized carbons (Fsp3) is 0.533. The molecule has 2 rings (SSSR count). The second-order valence-corrected chi connectivity index (χ2v) is 5.43. The number of hydrogen-bond acceptors (Lipinski definition) is 4. The second kappa shape index (κ2) is 7.14. The van der Waals surface area contributed by atoms with Gasteiger partial charge in [-0.2, -0.15) is 0 Å². The highest BCUT2D eigenvalue weighted by Crippen LogP contribution is 2.24. The average molecular weight is 277 g/mol. The molecule has 0 bridgehead atoms. The largest absolute Gasteiger partial charge is 0.492 e. The van der Waals surface area contributed by atoms with Crippen LogP contribution in [0.2, 0.25) is 0 Å². The van der Waals surface area contributed by atoms with Crippen LogP contribution in [0.3, 0.4) is 0 Å². The van der Waals surface area contributed by atoms with E-state index in [4.69, 9.17) is 15.7 Å². The molecule has 1 fully saturated rings. The van der Waals surface area contributed by atoms with E-state index in [0.29, 0.717) is 18.2 Å². The molecule has 0 aliphatic heterocycles. The topological polar surface area (TPSA) is 79.9 Å². The van der Waals surface area contributed by atoms with E-state index in [2.05, 4.69) is 17.4 Å². The molecule has 0 amide bonds. The molecule has 110 valence electrons. The van der Waals surface area contributed by atoms with Crippen LogP contribution >= 0.6 is 0 Å². The van der Waals surface area contributed by atoms with Crippen LogP contribution in [-0.4, -0.2) is 30.2 Å². The van der Waals surface area contributed by atoms with Crippen molar-refractivity contribution in [2.75, 3.05) is 13.2 Å². The Balaban J connectivity index is 1.69. The van der Waals surface area contributed by atoms with Gasteiger partial charge < -0.3 is 21.0 Å². The number of benzene rings is 1. The van der Waals surface area contributed by atoms with E-state index >= 15 is 0 Å². The molecular weight excluding hydrogens is 254 g/mol. The fourth-order valence-corrected chi connectivity index (χ4v) is 2.60. The molecule has 20 heavy (non-hydrogen) atoms. The number of ether oxygens (including phenoxy) is 1. The van der Waals surface area contributed by atoms with Crippen molar-refractivity contribution in [2.45, 2.75) is 32.2 Å². The predicted molar refractivity (Wildman–Crippen MR) is 79.3 cm³/mol. The maximum atomic E-state index is 8.58. The molecule has 2 unspecified atom stereocenters. The standard InChI is InChI=1S/C15H23N3O2/c1-11-2-5-13(10-11)17-8-9-20-14-6-3-12(4-7-14)15(16)18-19/h3-4,6-7,11,13,17,19H,2,5,8-10H2,1H3,(H2,16,18). The minimum Gasteiger partial charge on any atom is -0.492 e. The Hall–Kier alpha value is -1.75. The molecule has 0 heterocycles. The third kappa shape index (κ3) is 4.13. The molecule has 4 N–H and O–H groups in total. The summed E-state index contributed by atoms with van der Waals surface area (Å²) >= 11 is 0. The van der Waals surface area contributed by atoms with E-state index in [0.717, 1.165) is 18.2 Å². The van der Waals surface area contributed by atoms with E-state index in [1.807, 2.05) is 12.1 Å². The first-order valence-corrected chi connectivity index (χ1v) is 7.13. The van der Waals surface area contributed by atoms with Gasteiger partial charge in [-0.15, -0.1) is 0 Å². The third-order valence-corrected chi connectivity index (χ3v) is 3.76. The maximum absolute atomic E-state index is 8.58. The van der Waals surface area contributed by atoms with Crippen LogP contribution in [0.25, 0.3) is 0 Å². The lowest BCUT2D eigenvalue weighted by molar-refractivity contribution is 0.304. The Kier molecular flexibility index (Phi) is 5.24. The lowest BCUT2D eigenvalue weighted by atomic mass is 10.1. The highest BCUT2D eigenvalue weighted by molar-refractivity contribution is 5.97. The van der Waals surface area contributed by atoms with Gasteiger partial charge in [0.2, 0.25) is 0 Å². The van der Waals surface area contributed by atoms with Gasteiger partial charge in [-0.3, -0.25) is 0 Å². The van der Waals surface area contributed by atoms with Crippen molar-refractivity contribution in [1.29, 1.82) is 0 Å². The van der Waals surface area contributed by atoms with Crippen molar-refractivity contribution in [2.24, 2.45) is 16.8 Å². The van der Waals surface area contributed by atoms with Gasteiger partial charge in [-0.1, -0.05) is 12.1 Å². The summed E-state index contributed by atoms with van der Waals surface area (Å²) < 4.78 is 5.66. The van der Waals surface area contributed by atoms with E-state index in [9.17, 15) is 0 Å². The van der Waals surface area contributed by atoms with Crippen molar-refractivity contribution < 1.29 is 9.94 Å². The number of amidine groups is 1. The summed E-state index contributed by atoms with van der Waals surface area (Å²) in [4.78, 5) is 0. The summed E-state index contributed by atoms with van der Waals surface area (Å²) in [5.41, 5.74) is 6.17. The smallest absolute Gasteiger partial charge is 0.170 e. The molecule has 2 atom stereocenters. The SMILES string of the molecule is CC1CCC(NCCOc2ccc(/C(N)=N/O)cc2)C1. The first kappa shape index (κ1) is 14.7. The summed E-state index contributed by atoms with van der Waals surface area (Å²) in [6.07, 6.45) is 3.87. The van der Waals surface area contributed by atoms with Gasteiger partial charge in [0.05, 0.1) is 0 Å². The van der Waals surface area contributed by atoms with Crippen molar-refractivity contribution in [3.8, 4) is 5.75 Å². The molecule has 1 aromatic rings. The van der Waals surface area contributed by atoms with E-state index in [-0.39, 0.29) is 5.84 Å².